The first-order valence-corrected chi connectivity index (χ1v) is 2.63. The maximum atomic E-state index is 4.90. The van der Waals surface area contributed by atoms with Gasteiger partial charge < -0.3 is 33.9 Å². The first kappa shape index (κ1) is 30.1. The summed E-state index contributed by atoms with van der Waals surface area (Å²) in [6.07, 6.45) is 0. The Bertz CT molecular complexity index is 28.1. The molecule has 0 radical (unpaired) electrons. The molecule has 0 aliphatic carbocycles. The fraction of sp³-hybridized carbons (Fsp3) is 1.00. The molecule has 0 saturated carbocycles. The normalized spacial score (nSPS) is 5.45. The molecule has 0 rings (SSSR count). The molecule has 0 aliphatic rings. The van der Waals surface area contributed by atoms with Gasteiger partial charge in [0.25, 0.3) is 0 Å². The van der Waals surface area contributed by atoms with Crippen LogP contribution in [0, 0.1) is 0 Å². The van der Waals surface area contributed by atoms with Gasteiger partial charge in [-0.3, -0.25) is 0 Å². The van der Waals surface area contributed by atoms with Crippen LogP contribution in [-0.4, -0.2) is 37.1 Å². The molecule has 0 unspecified atom stereocenters. The zero-order valence-electron chi connectivity index (χ0n) is 6.35. The van der Waals surface area contributed by atoms with Crippen molar-refractivity contribution in [3.63, 3.8) is 0 Å². The first-order valence-electron chi connectivity index (χ1n) is 2.63. The maximum Gasteiger partial charge on any atom is 2.00 e. The summed E-state index contributed by atoms with van der Waals surface area (Å²) in [4.78, 5) is 0. The Labute approximate surface area is 81.5 Å². The van der Waals surface area contributed by atoms with E-state index in [1.165, 1.54) is 0 Å². The van der Waals surface area contributed by atoms with Crippen molar-refractivity contribution < 1.29 is 32.0 Å². The van der Waals surface area contributed by atoms with Gasteiger partial charge in [0.05, 0.1) is 0 Å². The minimum atomic E-state index is 0. The summed E-state index contributed by atoms with van der Waals surface area (Å²) in [5.41, 5.74) is 19.6. The third kappa shape index (κ3) is 124. The van der Waals surface area contributed by atoms with E-state index in [-0.39, 0.29) is 32.0 Å². The molecule has 0 aromatic carbocycles. The summed E-state index contributed by atoms with van der Waals surface area (Å²) >= 11 is 0. The van der Waals surface area contributed by atoms with Crippen molar-refractivity contribution in [3.05, 3.63) is 0 Å². The quantitative estimate of drug-likeness (QED) is 0.429. The Kier molecular flexibility index (Phi) is 129. The zero-order chi connectivity index (χ0) is 6.83. The van der Waals surface area contributed by atoms with Gasteiger partial charge in [-0.15, -0.1) is 0 Å². The van der Waals surface area contributed by atoms with E-state index in [4.69, 9.17) is 22.9 Å². The minimum absolute atomic E-state index is 0. The van der Waals surface area contributed by atoms with E-state index in [0.717, 1.165) is 0 Å². The second kappa shape index (κ2) is 47.1. The molecule has 0 amide bonds. The molecule has 11 heavy (non-hydrogen) atoms. The van der Waals surface area contributed by atoms with Crippen molar-refractivity contribution in [2.75, 3.05) is 26.2 Å². The van der Waals surface area contributed by atoms with Gasteiger partial charge in [-0.05, 0) is 0 Å². The van der Waals surface area contributed by atoms with Gasteiger partial charge in [-0.2, -0.15) is 0 Å². The van der Waals surface area contributed by atoms with Crippen LogP contribution >= 0.6 is 0 Å². The largest absolute Gasteiger partial charge is 2.00 e. The fourth-order valence-electron chi connectivity index (χ4n) is 0. The van der Waals surface area contributed by atoms with Gasteiger partial charge in [-0.25, -0.2) is 0 Å². The molecule has 76 valence electrons. The Morgan fingerprint density at radius 3 is 0.636 bits per heavy atom. The van der Waals surface area contributed by atoms with Crippen LogP contribution in [0.3, 0.4) is 0 Å². The van der Waals surface area contributed by atoms with E-state index in [1.54, 1.807) is 0 Å². The standard InChI is InChI=1S/2C2H8N2.2H2O.Pt/c2*3-1-2-4;;;/h2*1-4H2;2*1H2;/q;;;;+2/p-2. The Morgan fingerprint density at radius 1 is 0.545 bits per heavy atom. The van der Waals surface area contributed by atoms with Gasteiger partial charge in [0.2, 0.25) is 0 Å². The minimum Gasteiger partial charge on any atom is -0.870 e. The topological polar surface area (TPSA) is 164 Å². The summed E-state index contributed by atoms with van der Waals surface area (Å²) in [6, 6.07) is 0. The fourth-order valence-corrected chi connectivity index (χ4v) is 0. The van der Waals surface area contributed by atoms with Crippen LogP contribution in [0.15, 0.2) is 0 Å². The Balaban J connectivity index is -0.0000000171. The van der Waals surface area contributed by atoms with E-state index in [1.807, 2.05) is 0 Å². The van der Waals surface area contributed by atoms with Gasteiger partial charge in [-0.1, -0.05) is 0 Å². The van der Waals surface area contributed by atoms with E-state index in [0.29, 0.717) is 26.2 Å². The first-order chi connectivity index (χ1) is 3.83. The molecule has 6 nitrogen and oxygen atoms in total. The van der Waals surface area contributed by atoms with Crippen LogP contribution in [0.25, 0.3) is 0 Å². The van der Waals surface area contributed by atoms with E-state index in [2.05, 4.69) is 0 Å². The van der Waals surface area contributed by atoms with Crippen molar-refractivity contribution in [2.45, 2.75) is 0 Å². The second-order valence-corrected chi connectivity index (χ2v) is 1.15. The van der Waals surface area contributed by atoms with Gasteiger partial charge >= 0.3 is 21.1 Å². The van der Waals surface area contributed by atoms with Crippen molar-refractivity contribution in [1.29, 1.82) is 0 Å². The molecule has 0 saturated heterocycles. The van der Waals surface area contributed by atoms with Crippen LogP contribution < -0.4 is 22.9 Å². The summed E-state index contributed by atoms with van der Waals surface area (Å²) < 4.78 is 0. The predicted molar refractivity (Wildman–Crippen MR) is 40.1 cm³/mol. The number of hydrogen-bond acceptors (Lipinski definition) is 6. The van der Waals surface area contributed by atoms with Crippen LogP contribution in [0.5, 0.6) is 0 Å². The molecule has 7 heteroatoms. The average molecular weight is 349 g/mol. The van der Waals surface area contributed by atoms with Crippen molar-refractivity contribution in [2.24, 2.45) is 22.9 Å². The maximum absolute atomic E-state index is 4.90. The summed E-state index contributed by atoms with van der Waals surface area (Å²) in [7, 11) is 0. The van der Waals surface area contributed by atoms with Gasteiger partial charge in [0.1, 0.15) is 0 Å². The Hall–Kier alpha value is 0.448. The van der Waals surface area contributed by atoms with E-state index < -0.39 is 0 Å². The summed E-state index contributed by atoms with van der Waals surface area (Å²) in [6.45, 7) is 2.39. The van der Waals surface area contributed by atoms with Gasteiger partial charge in [0.15, 0.2) is 0 Å². The van der Waals surface area contributed by atoms with Crippen molar-refractivity contribution in [3.8, 4) is 0 Å². The van der Waals surface area contributed by atoms with Crippen molar-refractivity contribution in [1.82, 2.24) is 0 Å². The molecule has 0 aliphatic heterocycles. The molecule has 0 bridgehead atoms. The number of hydrogen-bond donors (Lipinski definition) is 4. The van der Waals surface area contributed by atoms with Crippen LogP contribution in [0.1, 0.15) is 0 Å². The monoisotopic (exact) mass is 349 g/mol. The average Bonchev–Trinajstić information content (AvgIpc) is 1.88. The summed E-state index contributed by atoms with van der Waals surface area (Å²) in [5, 5.41) is 0. The molecule has 0 aromatic rings. The number of nitrogens with two attached hydrogens (primary N) is 4. The molecular formula is C4H18N4O2Pt. The van der Waals surface area contributed by atoms with Crippen LogP contribution in [-0.2, 0) is 21.1 Å². The molecule has 0 atom stereocenters. The van der Waals surface area contributed by atoms with E-state index in [9.17, 15) is 0 Å². The third-order valence-electron chi connectivity index (χ3n) is 0.333. The Morgan fingerprint density at radius 2 is 0.636 bits per heavy atom. The molecule has 10 N–H and O–H groups in total. The molecular weight excluding hydrogens is 331 g/mol. The molecule has 0 heterocycles. The smallest absolute Gasteiger partial charge is 0.870 e. The predicted octanol–water partition coefficient (Wildman–Crippen LogP) is -2.55. The van der Waals surface area contributed by atoms with Gasteiger partial charge in [0, 0.05) is 26.2 Å². The molecule has 0 aromatic heterocycles. The second-order valence-electron chi connectivity index (χ2n) is 1.15. The zero-order valence-corrected chi connectivity index (χ0v) is 8.62. The third-order valence-corrected chi connectivity index (χ3v) is 0.333. The SMILES string of the molecule is NCCN.NCCN.[OH-].[OH-].[Pt+2]. The van der Waals surface area contributed by atoms with Crippen molar-refractivity contribution >= 4 is 0 Å². The molecule has 0 spiro atoms. The molecule has 0 fully saturated rings. The van der Waals surface area contributed by atoms with E-state index >= 15 is 0 Å². The summed E-state index contributed by atoms with van der Waals surface area (Å²) in [5.74, 6) is 0. The van der Waals surface area contributed by atoms with Crippen LogP contribution in [0.4, 0.5) is 0 Å². The number of rotatable bonds is 2. The van der Waals surface area contributed by atoms with Crippen LogP contribution in [0.2, 0.25) is 0 Å².